The summed E-state index contributed by atoms with van der Waals surface area (Å²) in [5.41, 5.74) is 7.32. The lowest BCUT2D eigenvalue weighted by molar-refractivity contribution is 0.440. The van der Waals surface area contributed by atoms with Crippen LogP contribution in [0.1, 0.15) is 25.8 Å². The molecule has 1 aromatic heterocycles. The minimum atomic E-state index is 0.271. The summed E-state index contributed by atoms with van der Waals surface area (Å²) in [5, 5.41) is 0. The van der Waals surface area contributed by atoms with E-state index in [9.17, 15) is 0 Å². The van der Waals surface area contributed by atoms with Crippen molar-refractivity contribution in [1.82, 2.24) is 4.98 Å². The van der Waals surface area contributed by atoms with Crippen molar-refractivity contribution in [3.05, 3.63) is 30.1 Å². The van der Waals surface area contributed by atoms with Crippen LogP contribution in [-0.4, -0.2) is 11.0 Å². The zero-order valence-corrected chi connectivity index (χ0v) is 8.40. The second-order valence-electron chi connectivity index (χ2n) is 3.61. The van der Waals surface area contributed by atoms with Crippen molar-refractivity contribution in [2.45, 2.75) is 32.7 Å². The van der Waals surface area contributed by atoms with E-state index in [0.717, 1.165) is 12.8 Å². The largest absolute Gasteiger partial charge is 0.327 e. The van der Waals surface area contributed by atoms with Crippen LogP contribution in [0.4, 0.5) is 0 Å². The lowest BCUT2D eigenvalue weighted by atomic mass is 9.94. The van der Waals surface area contributed by atoms with E-state index < -0.39 is 0 Å². The molecular weight excluding hydrogens is 160 g/mol. The van der Waals surface area contributed by atoms with Crippen LogP contribution in [0.15, 0.2) is 24.5 Å². The van der Waals surface area contributed by atoms with E-state index in [4.69, 9.17) is 5.73 Å². The second-order valence-corrected chi connectivity index (χ2v) is 3.61. The van der Waals surface area contributed by atoms with E-state index in [1.165, 1.54) is 5.56 Å². The van der Waals surface area contributed by atoms with Crippen LogP contribution in [0, 0.1) is 5.92 Å². The average Bonchev–Trinajstić information content (AvgIpc) is 2.18. The predicted octanol–water partition coefficient (Wildman–Crippen LogP) is 2.00. The summed E-state index contributed by atoms with van der Waals surface area (Å²) in [4.78, 5) is 3.98. The highest BCUT2D eigenvalue weighted by Crippen LogP contribution is 2.10. The second kappa shape index (κ2) is 4.97. The fourth-order valence-corrected chi connectivity index (χ4v) is 1.29. The van der Waals surface area contributed by atoms with Crippen LogP contribution in [0.2, 0.25) is 0 Å². The minimum Gasteiger partial charge on any atom is -0.327 e. The lowest BCUT2D eigenvalue weighted by Crippen LogP contribution is -2.30. The molecule has 13 heavy (non-hydrogen) atoms. The van der Waals surface area contributed by atoms with Gasteiger partial charge in [0.1, 0.15) is 0 Å². The standard InChI is InChI=1S/C11H18N2/c1-3-9(2)11(12)8-10-4-6-13-7-5-10/h4-7,9,11H,3,8,12H2,1-2H3. The van der Waals surface area contributed by atoms with Crippen molar-refractivity contribution in [2.75, 3.05) is 0 Å². The number of hydrogen-bond acceptors (Lipinski definition) is 2. The Bertz CT molecular complexity index is 233. The van der Waals surface area contributed by atoms with Crippen molar-refractivity contribution in [1.29, 1.82) is 0 Å². The molecule has 72 valence electrons. The highest BCUT2D eigenvalue weighted by Gasteiger charge is 2.10. The van der Waals surface area contributed by atoms with Crippen molar-refractivity contribution >= 4 is 0 Å². The van der Waals surface area contributed by atoms with Crippen molar-refractivity contribution in [3.63, 3.8) is 0 Å². The average molecular weight is 178 g/mol. The molecule has 0 bridgehead atoms. The number of pyridine rings is 1. The summed E-state index contributed by atoms with van der Waals surface area (Å²) in [6, 6.07) is 4.33. The molecule has 0 aliphatic rings. The van der Waals surface area contributed by atoms with Gasteiger partial charge in [0.05, 0.1) is 0 Å². The molecule has 0 fully saturated rings. The Hall–Kier alpha value is -0.890. The fraction of sp³-hybridized carbons (Fsp3) is 0.545. The van der Waals surface area contributed by atoms with Gasteiger partial charge in [0.15, 0.2) is 0 Å². The number of nitrogens with two attached hydrogens (primary N) is 1. The highest BCUT2D eigenvalue weighted by molar-refractivity contribution is 5.11. The molecule has 2 nitrogen and oxygen atoms in total. The molecule has 2 unspecified atom stereocenters. The third kappa shape index (κ3) is 3.15. The summed E-state index contributed by atoms with van der Waals surface area (Å²) >= 11 is 0. The Morgan fingerprint density at radius 2 is 2.00 bits per heavy atom. The van der Waals surface area contributed by atoms with Gasteiger partial charge in [-0.3, -0.25) is 4.98 Å². The van der Waals surface area contributed by atoms with E-state index in [0.29, 0.717) is 5.92 Å². The molecule has 1 heterocycles. The molecule has 2 atom stereocenters. The summed E-state index contributed by atoms with van der Waals surface area (Å²) in [5.74, 6) is 0.591. The summed E-state index contributed by atoms with van der Waals surface area (Å²) in [7, 11) is 0. The Morgan fingerprint density at radius 1 is 1.38 bits per heavy atom. The monoisotopic (exact) mass is 178 g/mol. The van der Waals surface area contributed by atoms with Crippen LogP contribution < -0.4 is 5.73 Å². The van der Waals surface area contributed by atoms with Gasteiger partial charge in [0, 0.05) is 18.4 Å². The zero-order valence-electron chi connectivity index (χ0n) is 8.40. The molecule has 0 aromatic carbocycles. The Morgan fingerprint density at radius 3 is 2.54 bits per heavy atom. The third-order valence-electron chi connectivity index (χ3n) is 2.60. The maximum Gasteiger partial charge on any atom is 0.0270 e. The molecule has 0 radical (unpaired) electrons. The highest BCUT2D eigenvalue weighted by atomic mass is 14.6. The van der Waals surface area contributed by atoms with Gasteiger partial charge < -0.3 is 5.73 Å². The molecule has 0 saturated heterocycles. The van der Waals surface area contributed by atoms with Gasteiger partial charge >= 0.3 is 0 Å². The number of hydrogen-bond donors (Lipinski definition) is 1. The SMILES string of the molecule is CCC(C)C(N)Cc1ccncc1. The van der Waals surface area contributed by atoms with Gasteiger partial charge in [-0.05, 0) is 30.0 Å². The van der Waals surface area contributed by atoms with Crippen molar-refractivity contribution in [3.8, 4) is 0 Å². The minimum absolute atomic E-state index is 0.271. The quantitative estimate of drug-likeness (QED) is 0.766. The summed E-state index contributed by atoms with van der Waals surface area (Å²) in [6.45, 7) is 4.38. The molecule has 0 aliphatic heterocycles. The molecule has 1 aromatic rings. The van der Waals surface area contributed by atoms with E-state index in [1.807, 2.05) is 24.5 Å². The van der Waals surface area contributed by atoms with E-state index in [-0.39, 0.29) is 6.04 Å². The first kappa shape index (κ1) is 10.2. The molecule has 0 amide bonds. The molecule has 0 aliphatic carbocycles. The number of nitrogens with zero attached hydrogens (tertiary/aromatic N) is 1. The Balaban J connectivity index is 2.50. The Labute approximate surface area is 80.2 Å². The number of aromatic nitrogens is 1. The first-order valence-electron chi connectivity index (χ1n) is 4.88. The summed E-state index contributed by atoms with van der Waals surface area (Å²) in [6.07, 6.45) is 5.74. The number of rotatable bonds is 4. The predicted molar refractivity (Wildman–Crippen MR) is 55.4 cm³/mol. The van der Waals surface area contributed by atoms with Crippen LogP contribution in [0.25, 0.3) is 0 Å². The van der Waals surface area contributed by atoms with Crippen molar-refractivity contribution in [2.24, 2.45) is 11.7 Å². The van der Waals surface area contributed by atoms with Crippen LogP contribution in [0.5, 0.6) is 0 Å². The molecular formula is C11H18N2. The molecule has 2 N–H and O–H groups in total. The van der Waals surface area contributed by atoms with Crippen LogP contribution >= 0.6 is 0 Å². The normalized spacial score (nSPS) is 15.3. The topological polar surface area (TPSA) is 38.9 Å². The van der Waals surface area contributed by atoms with E-state index in [2.05, 4.69) is 18.8 Å². The van der Waals surface area contributed by atoms with E-state index in [1.54, 1.807) is 0 Å². The first-order chi connectivity index (χ1) is 6.24. The molecule has 0 saturated carbocycles. The van der Waals surface area contributed by atoms with Crippen LogP contribution in [0.3, 0.4) is 0 Å². The van der Waals surface area contributed by atoms with Gasteiger partial charge in [0.25, 0.3) is 0 Å². The summed E-state index contributed by atoms with van der Waals surface area (Å²) < 4.78 is 0. The molecule has 1 rings (SSSR count). The molecule has 2 heteroatoms. The Kier molecular flexibility index (Phi) is 3.90. The van der Waals surface area contributed by atoms with Gasteiger partial charge in [-0.1, -0.05) is 20.3 Å². The van der Waals surface area contributed by atoms with Crippen molar-refractivity contribution < 1.29 is 0 Å². The maximum atomic E-state index is 6.04. The van der Waals surface area contributed by atoms with Gasteiger partial charge in [-0.15, -0.1) is 0 Å². The fourth-order valence-electron chi connectivity index (χ4n) is 1.29. The maximum absolute atomic E-state index is 6.04. The third-order valence-corrected chi connectivity index (χ3v) is 2.60. The lowest BCUT2D eigenvalue weighted by Gasteiger charge is -2.17. The smallest absolute Gasteiger partial charge is 0.0270 e. The van der Waals surface area contributed by atoms with Gasteiger partial charge in [-0.2, -0.15) is 0 Å². The van der Waals surface area contributed by atoms with E-state index >= 15 is 0 Å². The zero-order chi connectivity index (χ0) is 9.68. The van der Waals surface area contributed by atoms with Gasteiger partial charge in [-0.25, -0.2) is 0 Å². The first-order valence-corrected chi connectivity index (χ1v) is 4.88. The molecule has 0 spiro atoms. The van der Waals surface area contributed by atoms with Gasteiger partial charge in [0.2, 0.25) is 0 Å². The van der Waals surface area contributed by atoms with Crippen LogP contribution in [-0.2, 0) is 6.42 Å².